The molecule has 0 spiro atoms. The molecule has 0 radical (unpaired) electrons. The number of hydrogen-bond donors (Lipinski definition) is 0. The zero-order chi connectivity index (χ0) is 13.8. The minimum atomic E-state index is 0.106. The summed E-state index contributed by atoms with van der Waals surface area (Å²) in [5.74, 6) is 0.106. The number of fused-ring (bicyclic) bond motifs is 1. The molecule has 3 nitrogen and oxygen atoms in total. The summed E-state index contributed by atoms with van der Waals surface area (Å²) in [6.07, 6.45) is 3.94. The number of carbonyl (C=O) groups excluding carboxylic acids is 1. The summed E-state index contributed by atoms with van der Waals surface area (Å²) in [5.41, 5.74) is 3.02. The van der Waals surface area contributed by atoms with Crippen molar-refractivity contribution in [2.24, 2.45) is 0 Å². The van der Waals surface area contributed by atoms with Crippen LogP contribution in [0.3, 0.4) is 0 Å². The number of rotatable bonds is 4. The van der Waals surface area contributed by atoms with Gasteiger partial charge in [-0.3, -0.25) is 9.36 Å². The second-order valence-electron chi connectivity index (χ2n) is 4.84. The van der Waals surface area contributed by atoms with Gasteiger partial charge in [0.15, 0.2) is 0 Å². The number of para-hydroxylation sites is 2. The van der Waals surface area contributed by atoms with Crippen molar-refractivity contribution in [2.45, 2.75) is 19.3 Å². The van der Waals surface area contributed by atoms with Crippen LogP contribution in [0.2, 0.25) is 0 Å². The fourth-order valence-electron chi connectivity index (χ4n) is 2.37. The van der Waals surface area contributed by atoms with Crippen LogP contribution in [0.5, 0.6) is 0 Å². The zero-order valence-electron chi connectivity index (χ0n) is 11.2. The van der Waals surface area contributed by atoms with E-state index in [9.17, 15) is 4.79 Å². The molecule has 0 amide bonds. The lowest BCUT2D eigenvalue weighted by Gasteiger charge is -2.03. The summed E-state index contributed by atoms with van der Waals surface area (Å²) in [6.45, 7) is 0. The maximum atomic E-state index is 12.2. The Morgan fingerprint density at radius 3 is 2.60 bits per heavy atom. The molecule has 3 aromatic rings. The average Bonchev–Trinajstić information content (AvgIpc) is 2.92. The number of imidazole rings is 1. The van der Waals surface area contributed by atoms with Gasteiger partial charge in [0, 0.05) is 6.42 Å². The van der Waals surface area contributed by atoms with E-state index in [0.29, 0.717) is 6.42 Å². The Balaban J connectivity index is 1.65. The Hall–Kier alpha value is -2.42. The lowest BCUT2D eigenvalue weighted by Crippen LogP contribution is -2.09. The molecule has 3 heteroatoms. The predicted octanol–water partition coefficient (Wildman–Crippen LogP) is 3.70. The molecule has 0 aliphatic carbocycles. The molecule has 0 atom stereocenters. The normalized spacial score (nSPS) is 10.8. The Morgan fingerprint density at radius 1 is 1.00 bits per heavy atom. The molecule has 0 saturated heterocycles. The van der Waals surface area contributed by atoms with Crippen LogP contribution in [0, 0.1) is 0 Å². The maximum absolute atomic E-state index is 12.2. The summed E-state index contributed by atoms with van der Waals surface area (Å²) in [7, 11) is 0. The molecule has 3 rings (SSSR count). The topological polar surface area (TPSA) is 34.9 Å². The first-order valence-corrected chi connectivity index (χ1v) is 6.84. The summed E-state index contributed by atoms with van der Waals surface area (Å²) in [5, 5.41) is 0. The monoisotopic (exact) mass is 264 g/mol. The van der Waals surface area contributed by atoms with Crippen LogP contribution in [0.25, 0.3) is 11.0 Å². The quantitative estimate of drug-likeness (QED) is 0.720. The summed E-state index contributed by atoms with van der Waals surface area (Å²) >= 11 is 0. The van der Waals surface area contributed by atoms with Gasteiger partial charge in [0.05, 0.1) is 11.0 Å². The predicted molar refractivity (Wildman–Crippen MR) is 79.7 cm³/mol. The lowest BCUT2D eigenvalue weighted by molar-refractivity contribution is 0.0905. The van der Waals surface area contributed by atoms with Crippen LogP contribution in [0.1, 0.15) is 23.2 Å². The van der Waals surface area contributed by atoms with Gasteiger partial charge in [0.1, 0.15) is 6.33 Å². The lowest BCUT2D eigenvalue weighted by atomic mass is 10.1. The van der Waals surface area contributed by atoms with Crippen LogP contribution >= 0.6 is 0 Å². The molecular weight excluding hydrogens is 248 g/mol. The van der Waals surface area contributed by atoms with Gasteiger partial charge in [0.25, 0.3) is 0 Å². The molecule has 0 fully saturated rings. The van der Waals surface area contributed by atoms with Gasteiger partial charge in [-0.05, 0) is 30.5 Å². The van der Waals surface area contributed by atoms with E-state index in [1.807, 2.05) is 42.5 Å². The van der Waals surface area contributed by atoms with Crippen LogP contribution < -0.4 is 0 Å². The van der Waals surface area contributed by atoms with E-state index in [1.165, 1.54) is 5.56 Å². The molecule has 0 aliphatic heterocycles. The van der Waals surface area contributed by atoms with E-state index in [4.69, 9.17) is 0 Å². The highest BCUT2D eigenvalue weighted by Crippen LogP contribution is 2.13. The van der Waals surface area contributed by atoms with Crippen LogP contribution in [-0.2, 0) is 6.42 Å². The van der Waals surface area contributed by atoms with Crippen LogP contribution in [0.15, 0.2) is 60.9 Å². The van der Waals surface area contributed by atoms with Gasteiger partial charge < -0.3 is 0 Å². The van der Waals surface area contributed by atoms with Gasteiger partial charge >= 0.3 is 0 Å². The largest absolute Gasteiger partial charge is 0.274 e. The van der Waals surface area contributed by atoms with E-state index in [0.717, 1.165) is 23.9 Å². The van der Waals surface area contributed by atoms with Crippen LogP contribution in [-0.4, -0.2) is 15.5 Å². The number of hydrogen-bond acceptors (Lipinski definition) is 2. The molecule has 0 aliphatic rings. The van der Waals surface area contributed by atoms with E-state index in [1.54, 1.807) is 10.9 Å². The van der Waals surface area contributed by atoms with Gasteiger partial charge in [-0.1, -0.05) is 42.5 Å². The van der Waals surface area contributed by atoms with Crippen molar-refractivity contribution >= 4 is 16.9 Å². The first-order chi connectivity index (χ1) is 9.84. The minimum Gasteiger partial charge on any atom is -0.274 e. The van der Waals surface area contributed by atoms with Crippen molar-refractivity contribution < 1.29 is 4.79 Å². The molecule has 0 unspecified atom stereocenters. The Labute approximate surface area is 117 Å². The zero-order valence-corrected chi connectivity index (χ0v) is 11.2. The number of nitrogens with zero attached hydrogens (tertiary/aromatic N) is 2. The third kappa shape index (κ3) is 2.62. The second kappa shape index (κ2) is 5.70. The Morgan fingerprint density at radius 2 is 1.75 bits per heavy atom. The third-order valence-electron chi connectivity index (χ3n) is 3.42. The maximum Gasteiger partial charge on any atom is 0.232 e. The Bertz CT molecular complexity index is 716. The smallest absolute Gasteiger partial charge is 0.232 e. The van der Waals surface area contributed by atoms with Gasteiger partial charge in [-0.2, -0.15) is 0 Å². The van der Waals surface area contributed by atoms with Crippen molar-refractivity contribution in [1.82, 2.24) is 9.55 Å². The SMILES string of the molecule is O=C(CCCc1ccccc1)n1cnc2ccccc21. The van der Waals surface area contributed by atoms with E-state index >= 15 is 0 Å². The highest BCUT2D eigenvalue weighted by molar-refractivity contribution is 5.90. The Kier molecular flexibility index (Phi) is 3.59. The van der Waals surface area contributed by atoms with Gasteiger partial charge in [0.2, 0.25) is 5.91 Å². The van der Waals surface area contributed by atoms with Crippen LogP contribution in [0.4, 0.5) is 0 Å². The number of carbonyl (C=O) groups is 1. The van der Waals surface area contributed by atoms with Crippen molar-refractivity contribution in [2.75, 3.05) is 0 Å². The summed E-state index contributed by atoms with van der Waals surface area (Å²) in [6, 6.07) is 18.0. The first-order valence-electron chi connectivity index (χ1n) is 6.84. The first kappa shape index (κ1) is 12.6. The van der Waals surface area contributed by atoms with Gasteiger partial charge in [-0.15, -0.1) is 0 Å². The molecule has 0 bridgehead atoms. The molecule has 0 N–H and O–H groups in total. The molecule has 1 aromatic heterocycles. The fraction of sp³-hybridized carbons (Fsp3) is 0.176. The fourth-order valence-corrected chi connectivity index (χ4v) is 2.37. The minimum absolute atomic E-state index is 0.106. The molecule has 100 valence electrons. The molecule has 20 heavy (non-hydrogen) atoms. The third-order valence-corrected chi connectivity index (χ3v) is 3.42. The summed E-state index contributed by atoms with van der Waals surface area (Å²) < 4.78 is 1.65. The number of aryl methyl sites for hydroxylation is 1. The standard InChI is InChI=1S/C17H16N2O/c20-17(12-6-9-14-7-2-1-3-8-14)19-13-18-15-10-4-5-11-16(15)19/h1-5,7-8,10-11,13H,6,9,12H2. The van der Waals surface area contributed by atoms with Crippen molar-refractivity contribution in [3.05, 3.63) is 66.5 Å². The summed E-state index contributed by atoms with van der Waals surface area (Å²) in [4.78, 5) is 16.5. The van der Waals surface area contributed by atoms with Crippen molar-refractivity contribution in [3.8, 4) is 0 Å². The van der Waals surface area contributed by atoms with Gasteiger partial charge in [-0.25, -0.2) is 4.98 Å². The highest BCUT2D eigenvalue weighted by atomic mass is 16.2. The molecular formula is C17H16N2O. The number of aromatic nitrogens is 2. The van der Waals surface area contributed by atoms with E-state index in [2.05, 4.69) is 17.1 Å². The second-order valence-corrected chi connectivity index (χ2v) is 4.84. The molecule has 2 aromatic carbocycles. The average molecular weight is 264 g/mol. The van der Waals surface area contributed by atoms with Crippen molar-refractivity contribution in [1.29, 1.82) is 0 Å². The van der Waals surface area contributed by atoms with Crippen molar-refractivity contribution in [3.63, 3.8) is 0 Å². The highest BCUT2D eigenvalue weighted by Gasteiger charge is 2.09. The van der Waals surface area contributed by atoms with E-state index < -0.39 is 0 Å². The van der Waals surface area contributed by atoms with E-state index in [-0.39, 0.29) is 5.91 Å². The molecule has 0 saturated carbocycles. The molecule has 1 heterocycles. The number of benzene rings is 2.